The van der Waals surface area contributed by atoms with Crippen molar-refractivity contribution in [2.24, 2.45) is 34.2 Å². The number of aliphatic hydroxyl groups excluding tert-OH is 1. The average molecular weight is 380 g/mol. The summed E-state index contributed by atoms with van der Waals surface area (Å²) in [5, 5.41) is 15.0. The molecule has 0 saturated heterocycles. The Kier molecular flexibility index (Phi) is 4.82. The molecule has 150 valence electrons. The molecular formula is C25H33NO2. The smallest absolute Gasteiger partial charge is 0.142 e. The second-order valence-electron chi connectivity index (χ2n) is 9.82. The molecule has 4 aliphatic rings. The van der Waals surface area contributed by atoms with E-state index in [0.29, 0.717) is 6.61 Å². The molecule has 1 aromatic rings. The van der Waals surface area contributed by atoms with Crippen LogP contribution in [0.3, 0.4) is 0 Å². The van der Waals surface area contributed by atoms with E-state index >= 15 is 0 Å². The number of allylic oxidation sites excluding steroid dienone is 2. The van der Waals surface area contributed by atoms with E-state index in [2.05, 4.69) is 30.3 Å². The van der Waals surface area contributed by atoms with Gasteiger partial charge in [-0.1, -0.05) is 48.0 Å². The van der Waals surface area contributed by atoms with E-state index in [4.69, 9.17) is 4.84 Å². The Morgan fingerprint density at radius 2 is 1.89 bits per heavy atom. The van der Waals surface area contributed by atoms with E-state index < -0.39 is 0 Å². The molecule has 0 aliphatic heterocycles. The number of aliphatic hydroxyl groups is 1. The second-order valence-corrected chi connectivity index (χ2v) is 9.82. The van der Waals surface area contributed by atoms with Gasteiger partial charge in [0.05, 0.1) is 11.8 Å². The van der Waals surface area contributed by atoms with Crippen molar-refractivity contribution in [2.45, 2.75) is 71.0 Å². The van der Waals surface area contributed by atoms with Gasteiger partial charge in [0.1, 0.15) is 6.61 Å². The molecule has 3 saturated carbocycles. The van der Waals surface area contributed by atoms with Crippen molar-refractivity contribution in [1.82, 2.24) is 0 Å². The zero-order valence-corrected chi connectivity index (χ0v) is 17.0. The summed E-state index contributed by atoms with van der Waals surface area (Å²) < 4.78 is 0. The molecule has 0 heterocycles. The largest absolute Gasteiger partial charge is 0.393 e. The Bertz CT molecular complexity index is 770. The van der Waals surface area contributed by atoms with E-state index in [0.717, 1.165) is 47.8 Å². The fourth-order valence-corrected chi connectivity index (χ4v) is 7.00. The zero-order valence-electron chi connectivity index (χ0n) is 17.0. The lowest BCUT2D eigenvalue weighted by Crippen LogP contribution is -2.47. The van der Waals surface area contributed by atoms with Crippen LogP contribution in [-0.4, -0.2) is 16.9 Å². The number of nitrogens with zero attached hydrogens (tertiary/aromatic N) is 1. The molecule has 0 bridgehead atoms. The number of hydrogen-bond acceptors (Lipinski definition) is 3. The number of fused-ring (bicyclic) bond motifs is 5. The summed E-state index contributed by atoms with van der Waals surface area (Å²) in [6, 6.07) is 10.3. The minimum absolute atomic E-state index is 0.0674. The van der Waals surface area contributed by atoms with E-state index in [1.807, 2.05) is 18.2 Å². The first kappa shape index (κ1) is 18.4. The van der Waals surface area contributed by atoms with Gasteiger partial charge in [0.2, 0.25) is 0 Å². The average Bonchev–Trinajstić information content (AvgIpc) is 3.03. The fourth-order valence-electron chi connectivity index (χ4n) is 7.00. The third-order valence-corrected chi connectivity index (χ3v) is 8.52. The van der Waals surface area contributed by atoms with Crippen LogP contribution in [0.4, 0.5) is 0 Å². The van der Waals surface area contributed by atoms with Crippen LogP contribution in [0.25, 0.3) is 0 Å². The molecule has 6 atom stereocenters. The number of benzene rings is 1. The number of oxime groups is 1. The van der Waals surface area contributed by atoms with Gasteiger partial charge in [0.25, 0.3) is 0 Å². The first-order valence-corrected chi connectivity index (χ1v) is 11.3. The lowest BCUT2D eigenvalue weighted by Gasteiger charge is -2.53. The van der Waals surface area contributed by atoms with Crippen molar-refractivity contribution < 1.29 is 9.94 Å². The number of hydrogen-bond donors (Lipinski definition) is 1. The third-order valence-electron chi connectivity index (χ3n) is 8.52. The van der Waals surface area contributed by atoms with Crippen LogP contribution in [0, 0.1) is 29.1 Å². The highest BCUT2D eigenvalue weighted by Crippen LogP contribution is 2.61. The molecule has 1 N–H and O–H groups in total. The van der Waals surface area contributed by atoms with Crippen molar-refractivity contribution in [3.8, 4) is 0 Å². The molecule has 0 unspecified atom stereocenters. The van der Waals surface area contributed by atoms with Gasteiger partial charge < -0.3 is 9.94 Å². The molecule has 0 amide bonds. The van der Waals surface area contributed by atoms with E-state index in [9.17, 15) is 5.11 Å². The molecule has 3 nitrogen and oxygen atoms in total. The van der Waals surface area contributed by atoms with Crippen LogP contribution < -0.4 is 0 Å². The van der Waals surface area contributed by atoms with Crippen molar-refractivity contribution in [1.29, 1.82) is 0 Å². The minimum Gasteiger partial charge on any atom is -0.393 e. The van der Waals surface area contributed by atoms with E-state index in [-0.39, 0.29) is 11.5 Å². The molecule has 1 aromatic carbocycles. The maximum atomic E-state index is 10.6. The molecule has 0 aromatic heterocycles. The van der Waals surface area contributed by atoms with Crippen LogP contribution in [0.15, 0.2) is 47.1 Å². The van der Waals surface area contributed by atoms with E-state index in [1.54, 1.807) is 5.57 Å². The lowest BCUT2D eigenvalue weighted by molar-refractivity contribution is -0.0526. The first-order valence-electron chi connectivity index (χ1n) is 11.3. The molecule has 0 radical (unpaired) electrons. The summed E-state index contributed by atoms with van der Waals surface area (Å²) in [6.45, 7) is 2.91. The second kappa shape index (κ2) is 7.33. The van der Waals surface area contributed by atoms with Crippen LogP contribution in [0.1, 0.15) is 63.9 Å². The topological polar surface area (TPSA) is 41.8 Å². The van der Waals surface area contributed by atoms with Crippen LogP contribution in [0.2, 0.25) is 0 Å². The number of rotatable bonds is 3. The first-order chi connectivity index (χ1) is 13.6. The van der Waals surface area contributed by atoms with Crippen LogP contribution in [0.5, 0.6) is 0 Å². The predicted octanol–water partition coefficient (Wildman–Crippen LogP) is 5.49. The summed E-state index contributed by atoms with van der Waals surface area (Å²) in [6.07, 6.45) is 11.8. The molecule has 4 aliphatic carbocycles. The Morgan fingerprint density at radius 3 is 2.75 bits per heavy atom. The van der Waals surface area contributed by atoms with Crippen molar-refractivity contribution in [2.75, 3.05) is 0 Å². The summed E-state index contributed by atoms with van der Waals surface area (Å²) in [5.74, 6) is 3.14. The highest BCUT2D eigenvalue weighted by Gasteiger charge is 2.55. The van der Waals surface area contributed by atoms with Gasteiger partial charge in [0, 0.05) is 0 Å². The van der Waals surface area contributed by atoms with Gasteiger partial charge in [0.15, 0.2) is 0 Å². The van der Waals surface area contributed by atoms with Crippen LogP contribution in [-0.2, 0) is 11.4 Å². The minimum atomic E-state index is -0.0674. The zero-order chi connectivity index (χ0) is 19.1. The molecule has 3 fully saturated rings. The van der Waals surface area contributed by atoms with Gasteiger partial charge in [-0.15, -0.1) is 0 Å². The molecule has 3 heteroatoms. The van der Waals surface area contributed by atoms with Gasteiger partial charge in [-0.3, -0.25) is 0 Å². The molecular weight excluding hydrogens is 346 g/mol. The van der Waals surface area contributed by atoms with Gasteiger partial charge in [-0.25, -0.2) is 0 Å². The monoisotopic (exact) mass is 379 g/mol. The van der Waals surface area contributed by atoms with Gasteiger partial charge in [-0.2, -0.15) is 0 Å². The highest BCUT2D eigenvalue weighted by atomic mass is 16.6. The summed E-state index contributed by atoms with van der Waals surface area (Å²) in [7, 11) is 0. The Balaban J connectivity index is 1.27. The summed E-state index contributed by atoms with van der Waals surface area (Å²) in [4.78, 5) is 5.64. The summed E-state index contributed by atoms with van der Waals surface area (Å²) in [5.41, 5.74) is 4.10. The SMILES string of the molecule is C[C@]12CC[C@H]3[C@@H](CCC4=C/C(=N/OCc5ccccc5)CC[C@@H]43)[C@@H]1CC[C@@H]2O. The quantitative estimate of drug-likeness (QED) is 0.705. The Morgan fingerprint density at radius 1 is 1.04 bits per heavy atom. The normalized spacial score (nSPS) is 41.0. The van der Waals surface area contributed by atoms with Crippen molar-refractivity contribution >= 4 is 5.71 Å². The fraction of sp³-hybridized carbons (Fsp3) is 0.640. The van der Waals surface area contributed by atoms with Crippen LogP contribution >= 0.6 is 0 Å². The van der Waals surface area contributed by atoms with Crippen molar-refractivity contribution in [3.05, 3.63) is 47.5 Å². The van der Waals surface area contributed by atoms with E-state index in [1.165, 1.54) is 38.5 Å². The van der Waals surface area contributed by atoms with Gasteiger partial charge >= 0.3 is 0 Å². The Labute approximate surface area is 168 Å². The summed E-state index contributed by atoms with van der Waals surface area (Å²) >= 11 is 0. The third kappa shape index (κ3) is 3.12. The lowest BCUT2D eigenvalue weighted by atomic mass is 9.52. The molecule has 0 spiro atoms. The molecule has 5 rings (SSSR count). The molecule has 28 heavy (non-hydrogen) atoms. The standard InChI is InChI=1S/C25H33NO2/c1-25-14-13-21-20-10-8-19(26-28-16-17-5-3-2-4-6-17)15-18(20)7-9-22(21)23(25)11-12-24(25)27/h2-6,15,20-24,27H,7-14,16H2,1H3/b26-19+/t20-,21+,22+,23-,24-,25-/m0/s1. The maximum Gasteiger partial charge on any atom is 0.142 e. The Hall–Kier alpha value is -1.61. The maximum absolute atomic E-state index is 10.6. The highest BCUT2D eigenvalue weighted by molar-refractivity contribution is 5.96. The predicted molar refractivity (Wildman–Crippen MR) is 112 cm³/mol. The van der Waals surface area contributed by atoms with Gasteiger partial charge in [-0.05, 0) is 92.1 Å². The van der Waals surface area contributed by atoms with Crippen molar-refractivity contribution in [3.63, 3.8) is 0 Å².